The molecule has 0 aromatic carbocycles. The lowest BCUT2D eigenvalue weighted by molar-refractivity contribution is -0.115. The van der Waals surface area contributed by atoms with Crippen LogP contribution in [0, 0.1) is 6.92 Å². The second-order valence-corrected chi connectivity index (χ2v) is 5.56. The van der Waals surface area contributed by atoms with E-state index in [1.165, 1.54) is 11.8 Å². The molecule has 0 radical (unpaired) electrons. The van der Waals surface area contributed by atoms with Crippen LogP contribution in [-0.4, -0.2) is 35.9 Å². The zero-order valence-electron chi connectivity index (χ0n) is 11.9. The summed E-state index contributed by atoms with van der Waals surface area (Å²) in [6.07, 6.45) is 4.91. The van der Waals surface area contributed by atoms with Crippen LogP contribution in [0.15, 0.2) is 36.3 Å². The maximum absolute atomic E-state index is 12.1. The number of hydrogen-bond donors (Lipinski definition) is 1. The van der Waals surface area contributed by atoms with Crippen molar-refractivity contribution >= 4 is 23.6 Å². The smallest absolute Gasteiger partial charge is 0.240 e. The van der Waals surface area contributed by atoms with Gasteiger partial charge in [-0.3, -0.25) is 10.1 Å². The van der Waals surface area contributed by atoms with Crippen LogP contribution in [0.25, 0.3) is 0 Å². The number of amides is 1. The second-order valence-electron chi connectivity index (χ2n) is 4.25. The highest BCUT2D eigenvalue weighted by Crippen LogP contribution is 2.22. The number of carbonyl (C=O) groups is 1. The predicted molar refractivity (Wildman–Crippen MR) is 80.9 cm³/mol. The summed E-state index contributed by atoms with van der Waals surface area (Å²) in [7, 11) is 0. The van der Waals surface area contributed by atoms with Crippen molar-refractivity contribution < 1.29 is 4.79 Å². The summed E-state index contributed by atoms with van der Waals surface area (Å²) < 4.78 is 1.90. The topological polar surface area (TPSA) is 85.6 Å². The maximum Gasteiger partial charge on any atom is 0.240 e. The molecule has 1 unspecified atom stereocenters. The molecule has 0 spiro atoms. The standard InChI is InChI=1S/C13H16N6OS/c1-4-8-19-10(3)17-18-13(19)21-9(2)11(20)16-12-14-6-5-7-15-12/h4-7,9H,1,8H2,2-3H3,(H,14,15,16,20). The van der Waals surface area contributed by atoms with Gasteiger partial charge in [0.25, 0.3) is 0 Å². The van der Waals surface area contributed by atoms with Crippen molar-refractivity contribution in [2.45, 2.75) is 30.8 Å². The van der Waals surface area contributed by atoms with Crippen LogP contribution in [0.3, 0.4) is 0 Å². The molecular formula is C13H16N6OS. The number of aryl methyl sites for hydroxylation is 1. The molecule has 0 saturated carbocycles. The first-order chi connectivity index (χ1) is 10.1. The first-order valence-electron chi connectivity index (χ1n) is 6.37. The van der Waals surface area contributed by atoms with Gasteiger partial charge < -0.3 is 4.57 Å². The first-order valence-corrected chi connectivity index (χ1v) is 7.25. The van der Waals surface area contributed by atoms with E-state index in [0.717, 1.165) is 5.82 Å². The molecule has 2 heterocycles. The van der Waals surface area contributed by atoms with Crippen molar-refractivity contribution in [1.82, 2.24) is 24.7 Å². The molecule has 2 rings (SSSR count). The van der Waals surface area contributed by atoms with E-state index in [-0.39, 0.29) is 11.2 Å². The van der Waals surface area contributed by atoms with E-state index < -0.39 is 0 Å². The van der Waals surface area contributed by atoms with E-state index in [2.05, 4.69) is 32.1 Å². The van der Waals surface area contributed by atoms with Crippen LogP contribution in [0.1, 0.15) is 12.7 Å². The minimum atomic E-state index is -0.346. The lowest BCUT2D eigenvalue weighted by Gasteiger charge is -2.11. The Hall–Kier alpha value is -2.22. The molecule has 110 valence electrons. The summed E-state index contributed by atoms with van der Waals surface area (Å²) >= 11 is 1.33. The third-order valence-corrected chi connectivity index (χ3v) is 3.75. The van der Waals surface area contributed by atoms with Gasteiger partial charge in [-0.2, -0.15) is 0 Å². The Morgan fingerprint density at radius 3 is 2.86 bits per heavy atom. The largest absolute Gasteiger partial charge is 0.302 e. The summed E-state index contributed by atoms with van der Waals surface area (Å²) in [4.78, 5) is 20.0. The third-order valence-electron chi connectivity index (χ3n) is 2.67. The van der Waals surface area contributed by atoms with Crippen molar-refractivity contribution in [2.75, 3.05) is 5.32 Å². The van der Waals surface area contributed by atoms with Crippen molar-refractivity contribution in [2.24, 2.45) is 0 Å². The number of thioether (sulfide) groups is 1. The Morgan fingerprint density at radius 1 is 1.48 bits per heavy atom. The second kappa shape index (κ2) is 6.98. The Labute approximate surface area is 126 Å². The van der Waals surface area contributed by atoms with Gasteiger partial charge in [-0.1, -0.05) is 17.8 Å². The Morgan fingerprint density at radius 2 is 2.19 bits per heavy atom. The van der Waals surface area contributed by atoms with Crippen molar-refractivity contribution in [3.05, 3.63) is 36.9 Å². The zero-order chi connectivity index (χ0) is 15.2. The van der Waals surface area contributed by atoms with Gasteiger partial charge in [0.1, 0.15) is 5.82 Å². The average molecular weight is 304 g/mol. The summed E-state index contributed by atoms with van der Waals surface area (Å²) in [5, 5.41) is 11.1. The van der Waals surface area contributed by atoms with Gasteiger partial charge in [0, 0.05) is 18.9 Å². The van der Waals surface area contributed by atoms with Gasteiger partial charge in [0.2, 0.25) is 11.9 Å². The maximum atomic E-state index is 12.1. The van der Waals surface area contributed by atoms with Gasteiger partial charge in [-0.05, 0) is 19.9 Å². The van der Waals surface area contributed by atoms with E-state index in [4.69, 9.17) is 0 Å². The minimum absolute atomic E-state index is 0.183. The number of nitrogens with zero attached hydrogens (tertiary/aromatic N) is 5. The van der Waals surface area contributed by atoms with Gasteiger partial charge in [-0.15, -0.1) is 16.8 Å². The van der Waals surface area contributed by atoms with Gasteiger partial charge in [-0.25, -0.2) is 9.97 Å². The molecule has 0 fully saturated rings. The molecule has 2 aromatic heterocycles. The molecular weight excluding hydrogens is 288 g/mol. The van der Waals surface area contributed by atoms with E-state index in [1.54, 1.807) is 31.5 Å². The molecule has 8 heteroatoms. The minimum Gasteiger partial charge on any atom is -0.302 e. The molecule has 0 saturated heterocycles. The highest BCUT2D eigenvalue weighted by Gasteiger charge is 2.19. The zero-order valence-corrected chi connectivity index (χ0v) is 12.7. The highest BCUT2D eigenvalue weighted by atomic mass is 32.2. The van der Waals surface area contributed by atoms with Gasteiger partial charge in [0.05, 0.1) is 5.25 Å². The van der Waals surface area contributed by atoms with E-state index >= 15 is 0 Å². The van der Waals surface area contributed by atoms with Crippen LogP contribution in [0.5, 0.6) is 0 Å². The lowest BCUT2D eigenvalue weighted by Crippen LogP contribution is -2.24. The van der Waals surface area contributed by atoms with Gasteiger partial charge in [0.15, 0.2) is 5.16 Å². The predicted octanol–water partition coefficient (Wildman–Crippen LogP) is 1.68. The summed E-state index contributed by atoms with van der Waals surface area (Å²) in [5.41, 5.74) is 0. The molecule has 21 heavy (non-hydrogen) atoms. The number of nitrogens with one attached hydrogen (secondary N) is 1. The number of carbonyl (C=O) groups excluding carboxylic acids is 1. The fourth-order valence-corrected chi connectivity index (χ4v) is 2.48. The van der Waals surface area contributed by atoms with E-state index in [0.29, 0.717) is 17.6 Å². The van der Waals surface area contributed by atoms with Crippen molar-refractivity contribution in [3.63, 3.8) is 0 Å². The summed E-state index contributed by atoms with van der Waals surface area (Å²) in [6.45, 7) is 7.98. The number of anilines is 1. The molecule has 0 aliphatic rings. The SMILES string of the molecule is C=CCn1c(C)nnc1SC(C)C(=O)Nc1ncccn1. The third kappa shape index (κ3) is 3.88. The normalized spacial score (nSPS) is 11.9. The van der Waals surface area contributed by atoms with Crippen LogP contribution < -0.4 is 5.32 Å². The quantitative estimate of drug-likeness (QED) is 0.645. The number of allylic oxidation sites excluding steroid dienone is 1. The van der Waals surface area contributed by atoms with E-state index in [1.807, 2.05) is 11.5 Å². The monoisotopic (exact) mass is 304 g/mol. The van der Waals surface area contributed by atoms with Crippen LogP contribution in [0.4, 0.5) is 5.95 Å². The van der Waals surface area contributed by atoms with Crippen molar-refractivity contribution in [3.8, 4) is 0 Å². The molecule has 0 aliphatic heterocycles. The highest BCUT2D eigenvalue weighted by molar-refractivity contribution is 8.00. The number of rotatable bonds is 6. The lowest BCUT2D eigenvalue weighted by atomic mass is 10.4. The summed E-state index contributed by atoms with van der Waals surface area (Å²) in [5.74, 6) is 0.895. The Bertz CT molecular complexity index is 627. The van der Waals surface area contributed by atoms with E-state index in [9.17, 15) is 4.79 Å². The molecule has 1 atom stereocenters. The molecule has 1 N–H and O–H groups in total. The molecule has 1 amide bonds. The first kappa shape index (κ1) is 15.2. The fraction of sp³-hybridized carbons (Fsp3) is 0.308. The van der Waals surface area contributed by atoms with Crippen molar-refractivity contribution in [1.29, 1.82) is 0 Å². The molecule has 0 aliphatic carbocycles. The molecule has 0 bridgehead atoms. The average Bonchev–Trinajstić information content (AvgIpc) is 2.82. The summed E-state index contributed by atoms with van der Waals surface area (Å²) in [6, 6.07) is 1.69. The molecule has 7 nitrogen and oxygen atoms in total. The van der Waals surface area contributed by atoms with Crippen LogP contribution >= 0.6 is 11.8 Å². The van der Waals surface area contributed by atoms with Gasteiger partial charge >= 0.3 is 0 Å². The van der Waals surface area contributed by atoms with Crippen LogP contribution in [0.2, 0.25) is 0 Å². The molecule has 2 aromatic rings. The number of aromatic nitrogens is 5. The fourth-order valence-electron chi connectivity index (χ4n) is 1.58. The van der Waals surface area contributed by atoms with Crippen LogP contribution in [-0.2, 0) is 11.3 Å². The Kier molecular flexibility index (Phi) is 5.04. The Balaban J connectivity index is 2.02. The number of hydrogen-bond acceptors (Lipinski definition) is 6.